The lowest BCUT2D eigenvalue weighted by Crippen LogP contribution is -2.16. The predicted octanol–water partition coefficient (Wildman–Crippen LogP) is 3.46. The Morgan fingerprint density at radius 1 is 0.848 bits per heavy atom. The summed E-state index contributed by atoms with van der Waals surface area (Å²) in [6.07, 6.45) is 1.39. The Hall–Kier alpha value is -4.38. The highest BCUT2D eigenvalue weighted by atomic mass is 32.2. The van der Waals surface area contributed by atoms with Crippen LogP contribution in [0.1, 0.15) is 5.56 Å². The third-order valence-electron chi connectivity index (χ3n) is 4.86. The van der Waals surface area contributed by atoms with Crippen molar-refractivity contribution in [3.05, 3.63) is 84.7 Å². The number of rotatable bonds is 6. The first kappa shape index (κ1) is 20.5. The average Bonchev–Trinajstić information content (AvgIpc) is 3.36. The van der Waals surface area contributed by atoms with Crippen molar-refractivity contribution >= 4 is 38.4 Å². The summed E-state index contributed by atoms with van der Waals surface area (Å²) in [4.78, 5) is 9.15. The van der Waals surface area contributed by atoms with Crippen LogP contribution in [-0.2, 0) is 10.0 Å². The van der Waals surface area contributed by atoms with E-state index in [2.05, 4.69) is 35.5 Å². The molecule has 0 atom stereocenters. The fraction of sp³-hybridized carbons (Fsp3) is 0.0455. The summed E-state index contributed by atoms with van der Waals surface area (Å²) in [5.74, 6) is 0.375. The molecule has 2 N–H and O–H groups in total. The minimum absolute atomic E-state index is 0.0340. The zero-order valence-corrected chi connectivity index (χ0v) is 18.2. The van der Waals surface area contributed by atoms with Crippen LogP contribution < -0.4 is 10.0 Å². The normalized spacial score (nSPS) is 11.4. The number of aryl methyl sites for hydroxylation is 1. The van der Waals surface area contributed by atoms with Gasteiger partial charge in [-0.3, -0.25) is 4.72 Å². The Kier molecular flexibility index (Phi) is 5.15. The molecule has 11 heteroatoms. The number of nitrogens with zero attached hydrogens (tertiary/aromatic N) is 6. The largest absolute Gasteiger partial charge is 0.337 e. The number of anilines is 3. The highest BCUT2D eigenvalue weighted by Crippen LogP contribution is 2.27. The molecule has 3 aromatic carbocycles. The lowest BCUT2D eigenvalue weighted by Gasteiger charge is -2.14. The molecule has 0 saturated carbocycles. The third kappa shape index (κ3) is 4.34. The number of tetrazole rings is 1. The molecule has 0 saturated heterocycles. The number of hydrogen-bond acceptors (Lipinski definition) is 8. The van der Waals surface area contributed by atoms with Crippen molar-refractivity contribution in [2.75, 3.05) is 10.0 Å². The van der Waals surface area contributed by atoms with Crippen LogP contribution in [0.15, 0.2) is 84.0 Å². The van der Waals surface area contributed by atoms with Crippen LogP contribution in [0.2, 0.25) is 0 Å². The highest BCUT2D eigenvalue weighted by molar-refractivity contribution is 7.92. The minimum atomic E-state index is -3.99. The molecule has 33 heavy (non-hydrogen) atoms. The van der Waals surface area contributed by atoms with Gasteiger partial charge in [0.25, 0.3) is 10.0 Å². The van der Waals surface area contributed by atoms with Gasteiger partial charge >= 0.3 is 0 Å². The first-order valence-corrected chi connectivity index (χ1v) is 11.4. The summed E-state index contributed by atoms with van der Waals surface area (Å²) in [7, 11) is -3.99. The van der Waals surface area contributed by atoms with E-state index in [1.54, 1.807) is 18.2 Å². The Morgan fingerprint density at radius 3 is 2.27 bits per heavy atom. The van der Waals surface area contributed by atoms with Crippen LogP contribution in [0.25, 0.3) is 16.7 Å². The molecular formula is C22H18N8O2S. The zero-order chi connectivity index (χ0) is 22.8. The maximum atomic E-state index is 13.2. The van der Waals surface area contributed by atoms with Gasteiger partial charge in [0, 0.05) is 5.69 Å². The first-order chi connectivity index (χ1) is 16.0. The molecule has 5 rings (SSSR count). The molecule has 2 heterocycles. The van der Waals surface area contributed by atoms with Crippen molar-refractivity contribution in [2.24, 2.45) is 0 Å². The number of fused-ring (bicyclic) bond motifs is 1. The molecule has 164 valence electrons. The summed E-state index contributed by atoms with van der Waals surface area (Å²) >= 11 is 0. The molecule has 0 aliphatic carbocycles. The Morgan fingerprint density at radius 2 is 1.58 bits per heavy atom. The number of benzene rings is 3. The molecule has 0 radical (unpaired) electrons. The van der Waals surface area contributed by atoms with Crippen molar-refractivity contribution < 1.29 is 8.42 Å². The van der Waals surface area contributed by atoms with E-state index in [0.717, 1.165) is 11.3 Å². The summed E-state index contributed by atoms with van der Waals surface area (Å²) in [6.45, 7) is 1.99. The van der Waals surface area contributed by atoms with Gasteiger partial charge in [0.1, 0.15) is 6.33 Å². The standard InChI is InChI=1S/C22H18N8O2S/c1-15-9-11-16(12-10-15)24-21-22(26-20-8-3-2-7-19(20)25-21)27-33(31,32)18-6-4-5-17(13-18)30-14-23-28-29-30/h2-14H,1H3,(H,24,25)(H,26,27). The maximum Gasteiger partial charge on any atom is 0.263 e. The topological polar surface area (TPSA) is 128 Å². The molecule has 0 fully saturated rings. The van der Waals surface area contributed by atoms with E-state index < -0.39 is 10.0 Å². The Balaban J connectivity index is 1.54. The van der Waals surface area contributed by atoms with E-state index in [-0.39, 0.29) is 16.5 Å². The van der Waals surface area contributed by atoms with E-state index in [0.29, 0.717) is 16.7 Å². The molecule has 0 amide bonds. The quantitative estimate of drug-likeness (QED) is 0.396. The summed E-state index contributed by atoms with van der Waals surface area (Å²) in [5, 5.41) is 14.1. The number of aromatic nitrogens is 6. The molecule has 0 aliphatic heterocycles. The minimum Gasteiger partial charge on any atom is -0.337 e. The van der Waals surface area contributed by atoms with E-state index >= 15 is 0 Å². The van der Waals surface area contributed by atoms with Crippen LogP contribution in [0, 0.1) is 6.92 Å². The van der Waals surface area contributed by atoms with Gasteiger partial charge in [-0.05, 0) is 59.8 Å². The van der Waals surface area contributed by atoms with Gasteiger partial charge in [-0.1, -0.05) is 35.9 Å². The van der Waals surface area contributed by atoms with Crippen LogP contribution in [-0.4, -0.2) is 38.6 Å². The summed E-state index contributed by atoms with van der Waals surface area (Å²) in [6, 6.07) is 21.2. The second-order valence-electron chi connectivity index (χ2n) is 7.26. The number of hydrogen-bond donors (Lipinski definition) is 2. The average molecular weight is 459 g/mol. The van der Waals surface area contributed by atoms with Crippen LogP contribution in [0.3, 0.4) is 0 Å². The summed E-state index contributed by atoms with van der Waals surface area (Å²) < 4.78 is 30.4. The third-order valence-corrected chi connectivity index (χ3v) is 6.19. The first-order valence-electron chi connectivity index (χ1n) is 9.95. The molecule has 5 aromatic rings. The molecule has 0 bridgehead atoms. The lowest BCUT2D eigenvalue weighted by molar-refractivity contribution is 0.601. The van der Waals surface area contributed by atoms with Gasteiger partial charge in [-0.15, -0.1) is 5.10 Å². The second-order valence-corrected chi connectivity index (χ2v) is 8.94. The lowest BCUT2D eigenvalue weighted by atomic mass is 10.2. The number of nitrogens with one attached hydrogen (secondary N) is 2. The molecule has 0 aliphatic rings. The van der Waals surface area contributed by atoms with Crippen molar-refractivity contribution in [1.29, 1.82) is 0 Å². The van der Waals surface area contributed by atoms with Gasteiger partial charge < -0.3 is 5.32 Å². The molecule has 0 unspecified atom stereocenters. The van der Waals surface area contributed by atoms with E-state index in [1.807, 2.05) is 49.4 Å². The van der Waals surface area contributed by atoms with Gasteiger partial charge in [0.05, 0.1) is 21.6 Å². The van der Waals surface area contributed by atoms with Crippen LogP contribution >= 0.6 is 0 Å². The fourth-order valence-corrected chi connectivity index (χ4v) is 4.24. The highest BCUT2D eigenvalue weighted by Gasteiger charge is 2.20. The molecular weight excluding hydrogens is 440 g/mol. The Labute approximate surface area is 189 Å². The van der Waals surface area contributed by atoms with Crippen LogP contribution in [0.5, 0.6) is 0 Å². The van der Waals surface area contributed by atoms with Crippen molar-refractivity contribution in [2.45, 2.75) is 11.8 Å². The summed E-state index contributed by atoms with van der Waals surface area (Å²) in [5.41, 5.74) is 3.56. The van der Waals surface area contributed by atoms with E-state index in [1.165, 1.54) is 23.1 Å². The number of sulfonamides is 1. The smallest absolute Gasteiger partial charge is 0.263 e. The Bertz CT molecular complexity index is 1540. The molecule has 2 aromatic heterocycles. The zero-order valence-electron chi connectivity index (χ0n) is 17.4. The van der Waals surface area contributed by atoms with Crippen LogP contribution in [0.4, 0.5) is 17.3 Å². The van der Waals surface area contributed by atoms with Crippen molar-refractivity contribution in [3.63, 3.8) is 0 Å². The van der Waals surface area contributed by atoms with Gasteiger partial charge in [0.15, 0.2) is 11.6 Å². The second kappa shape index (κ2) is 8.28. The monoisotopic (exact) mass is 458 g/mol. The fourth-order valence-electron chi connectivity index (χ4n) is 3.19. The maximum absolute atomic E-state index is 13.2. The van der Waals surface area contributed by atoms with Crippen molar-refractivity contribution in [3.8, 4) is 5.69 Å². The SMILES string of the molecule is Cc1ccc(Nc2nc3ccccc3nc2NS(=O)(=O)c2cccc(-n3cnnn3)c2)cc1. The van der Waals surface area contributed by atoms with E-state index in [4.69, 9.17) is 0 Å². The molecule has 0 spiro atoms. The molecule has 10 nitrogen and oxygen atoms in total. The predicted molar refractivity (Wildman–Crippen MR) is 124 cm³/mol. The van der Waals surface area contributed by atoms with Gasteiger partial charge in [0.2, 0.25) is 0 Å². The van der Waals surface area contributed by atoms with Gasteiger partial charge in [-0.2, -0.15) is 0 Å². The van der Waals surface area contributed by atoms with E-state index in [9.17, 15) is 8.42 Å². The number of para-hydroxylation sites is 2. The van der Waals surface area contributed by atoms with Crippen molar-refractivity contribution in [1.82, 2.24) is 30.2 Å². The van der Waals surface area contributed by atoms with Gasteiger partial charge in [-0.25, -0.2) is 23.1 Å².